The van der Waals surface area contributed by atoms with E-state index in [1.165, 1.54) is 6.07 Å². The van der Waals surface area contributed by atoms with E-state index in [1.807, 2.05) is 114 Å². The van der Waals surface area contributed by atoms with Crippen LogP contribution in [0.1, 0.15) is 23.3 Å². The van der Waals surface area contributed by atoms with E-state index in [0.29, 0.717) is 17.1 Å². The van der Waals surface area contributed by atoms with Crippen LogP contribution in [0.2, 0.25) is 0 Å². The molecule has 10 aromatic carbocycles. The van der Waals surface area contributed by atoms with Crippen LogP contribution < -0.4 is 4.90 Å². The Morgan fingerprint density at radius 1 is 0.345 bits per heavy atom. The normalized spacial score (nSPS) is 15.6. The molecule has 0 N–H and O–H groups in total. The third-order valence-corrected chi connectivity index (χ3v) is 10.0. The van der Waals surface area contributed by atoms with Crippen molar-refractivity contribution in [1.29, 1.82) is 0 Å². The van der Waals surface area contributed by atoms with Gasteiger partial charge in [-0.3, -0.25) is 0 Å². The number of furan rings is 1. The summed E-state index contributed by atoms with van der Waals surface area (Å²) in [5.41, 5.74) is 2.84. The number of nitrogens with zero attached hydrogens (tertiary/aromatic N) is 1. The van der Waals surface area contributed by atoms with Crippen molar-refractivity contribution in [3.63, 3.8) is 0 Å². The minimum atomic E-state index is -0.761. The molecule has 0 saturated carbocycles. The van der Waals surface area contributed by atoms with Crippen LogP contribution in [-0.2, 0) is 0 Å². The molecular formula is C56H37NO. The average molecular weight is 757 g/mol. The van der Waals surface area contributed by atoms with Gasteiger partial charge in [0.25, 0.3) is 0 Å². The maximum atomic E-state index is 9.77. The molecule has 0 aliphatic heterocycles. The topological polar surface area (TPSA) is 16.4 Å². The van der Waals surface area contributed by atoms with Crippen molar-refractivity contribution < 1.29 is 27.7 Å². The molecule has 11 aromatic rings. The zero-order valence-corrected chi connectivity index (χ0v) is 30.4. The van der Waals surface area contributed by atoms with E-state index in [-0.39, 0.29) is 33.0 Å². The van der Waals surface area contributed by atoms with E-state index >= 15 is 0 Å². The molecule has 0 radical (unpaired) electrons. The van der Waals surface area contributed by atoms with Crippen LogP contribution in [0.3, 0.4) is 0 Å². The number of hydrogen-bond acceptors (Lipinski definition) is 2. The van der Waals surface area contributed by atoms with Crippen molar-refractivity contribution in [3.8, 4) is 44.5 Å². The molecule has 1 heterocycles. The Balaban J connectivity index is 1.13. The van der Waals surface area contributed by atoms with Gasteiger partial charge in [0.1, 0.15) is 11.2 Å². The molecular weight excluding hydrogens is 703 g/mol. The third kappa shape index (κ3) is 6.09. The Labute approximate surface area is 361 Å². The molecule has 0 amide bonds. The van der Waals surface area contributed by atoms with E-state index < -0.39 is 135 Å². The van der Waals surface area contributed by atoms with Crippen LogP contribution >= 0.6 is 0 Å². The van der Waals surface area contributed by atoms with Gasteiger partial charge in [0.2, 0.25) is 0 Å². The van der Waals surface area contributed by atoms with Gasteiger partial charge in [-0.1, -0.05) is 157 Å². The van der Waals surface area contributed by atoms with Gasteiger partial charge in [-0.15, -0.1) is 0 Å². The number of hydrogen-bond donors (Lipinski definition) is 0. The molecule has 272 valence electrons. The van der Waals surface area contributed by atoms with E-state index in [2.05, 4.69) is 0 Å². The van der Waals surface area contributed by atoms with Crippen molar-refractivity contribution in [2.45, 2.75) is 0 Å². The van der Waals surface area contributed by atoms with Gasteiger partial charge in [-0.05, 0) is 133 Å². The van der Waals surface area contributed by atoms with Crippen LogP contribution in [0, 0.1) is 0 Å². The van der Waals surface area contributed by atoms with E-state index in [1.54, 1.807) is 6.07 Å². The summed E-state index contributed by atoms with van der Waals surface area (Å²) in [7, 11) is 0. The summed E-state index contributed by atoms with van der Waals surface area (Å²) in [6.07, 6.45) is 0. The fraction of sp³-hybridized carbons (Fsp3) is 0. The predicted octanol–water partition coefficient (Wildman–Crippen LogP) is 16.0. The van der Waals surface area contributed by atoms with Crippen LogP contribution in [0.15, 0.2) is 228 Å². The molecule has 0 unspecified atom stereocenters. The molecule has 0 aliphatic rings. The number of benzene rings is 10. The first-order chi connectivity index (χ1) is 35.8. The van der Waals surface area contributed by atoms with Crippen molar-refractivity contribution in [1.82, 2.24) is 0 Å². The van der Waals surface area contributed by atoms with Gasteiger partial charge in [-0.2, -0.15) is 0 Å². The maximum absolute atomic E-state index is 9.77. The highest BCUT2D eigenvalue weighted by atomic mass is 16.3. The third-order valence-electron chi connectivity index (χ3n) is 10.0. The van der Waals surface area contributed by atoms with E-state index in [9.17, 15) is 12.3 Å². The molecule has 58 heavy (non-hydrogen) atoms. The molecule has 0 bridgehead atoms. The SMILES string of the molecule is [2H]c1c([2H])c([2H])c(-c2c([2H])c([2H])c3c(oc4c([2H])c([2H])c5c([2H])c([2H])c(-c6c([2H])c([2H])c7cc(N(c8ccc(-c9ccccc9)cc8)c8ccc(-c9ccccc9)cc8)cc([2H])c7c6[2H])c([2H])c5c43)c2[2H])c([2H])c1[2H]. The monoisotopic (exact) mass is 756 g/mol. The van der Waals surface area contributed by atoms with Gasteiger partial charge in [-0.25, -0.2) is 0 Å². The Kier molecular flexibility index (Phi) is 4.98. The summed E-state index contributed by atoms with van der Waals surface area (Å²) >= 11 is 0. The van der Waals surface area contributed by atoms with Crippen molar-refractivity contribution in [2.75, 3.05) is 4.90 Å². The Morgan fingerprint density at radius 2 is 0.914 bits per heavy atom. The average Bonchev–Trinajstić information content (AvgIpc) is 3.86. The van der Waals surface area contributed by atoms with E-state index in [0.717, 1.165) is 22.3 Å². The highest BCUT2D eigenvalue weighted by Crippen LogP contribution is 2.41. The fourth-order valence-corrected chi connectivity index (χ4v) is 7.21. The lowest BCUT2D eigenvalue weighted by Crippen LogP contribution is -2.09. The van der Waals surface area contributed by atoms with Gasteiger partial charge in [0.15, 0.2) is 0 Å². The number of fused-ring (bicyclic) bond motifs is 6. The smallest absolute Gasteiger partial charge is 0.136 e. The molecule has 0 spiro atoms. The van der Waals surface area contributed by atoms with Gasteiger partial charge in [0.05, 0.1) is 23.3 Å². The van der Waals surface area contributed by atoms with Crippen LogP contribution in [0.25, 0.3) is 88.0 Å². The summed E-state index contributed by atoms with van der Waals surface area (Å²) in [6, 6.07) is 27.4. The van der Waals surface area contributed by atoms with Crippen molar-refractivity contribution >= 4 is 60.5 Å². The summed E-state index contributed by atoms with van der Waals surface area (Å²) in [5.74, 6) is 0. The summed E-state index contributed by atoms with van der Waals surface area (Å²) < 4.78 is 160. The first-order valence-corrected chi connectivity index (χ1v) is 18.4. The number of rotatable bonds is 7. The molecule has 2 heteroatoms. The van der Waals surface area contributed by atoms with Crippen LogP contribution in [0.4, 0.5) is 17.1 Å². The lowest BCUT2D eigenvalue weighted by molar-refractivity contribution is 0.669. The second-order valence-electron chi connectivity index (χ2n) is 13.6. The fourth-order valence-electron chi connectivity index (χ4n) is 7.21. The molecule has 2 nitrogen and oxygen atoms in total. The minimum Gasteiger partial charge on any atom is -0.456 e. The zero-order chi connectivity index (χ0) is 53.2. The molecule has 0 aliphatic carbocycles. The van der Waals surface area contributed by atoms with E-state index in [4.69, 9.17) is 15.4 Å². The Morgan fingerprint density at radius 3 is 1.59 bits per heavy atom. The van der Waals surface area contributed by atoms with Crippen LogP contribution in [0.5, 0.6) is 0 Å². The molecule has 11 rings (SSSR count). The Bertz CT molecular complexity index is 4130. The lowest BCUT2D eigenvalue weighted by atomic mass is 9.96. The lowest BCUT2D eigenvalue weighted by Gasteiger charge is -2.26. The van der Waals surface area contributed by atoms with Crippen molar-refractivity contribution in [2.24, 2.45) is 0 Å². The molecule has 0 saturated heterocycles. The van der Waals surface area contributed by atoms with Gasteiger partial charge < -0.3 is 9.32 Å². The second-order valence-corrected chi connectivity index (χ2v) is 13.6. The predicted molar refractivity (Wildman–Crippen MR) is 245 cm³/mol. The molecule has 0 atom stereocenters. The quantitative estimate of drug-likeness (QED) is 0.161. The summed E-state index contributed by atoms with van der Waals surface area (Å²) in [4.78, 5) is 1.90. The molecule has 0 fully saturated rings. The van der Waals surface area contributed by atoms with Gasteiger partial charge >= 0.3 is 0 Å². The highest BCUT2D eigenvalue weighted by molar-refractivity contribution is 6.19. The van der Waals surface area contributed by atoms with Gasteiger partial charge in [0, 0.05) is 27.8 Å². The second kappa shape index (κ2) is 14.1. The first kappa shape index (κ1) is 20.5. The maximum Gasteiger partial charge on any atom is 0.136 e. The summed E-state index contributed by atoms with van der Waals surface area (Å²) in [5, 5.41) is -1.41. The van der Waals surface area contributed by atoms with Crippen molar-refractivity contribution in [3.05, 3.63) is 224 Å². The van der Waals surface area contributed by atoms with Crippen LogP contribution in [-0.4, -0.2) is 0 Å². The standard InChI is InChI=1S/C56H37NO/c1-4-10-38(11-5-1)41-20-27-49(28-21-41)57(50-29-22-42(23-30-50)39-12-6-2-7-13-39)51-31-24-45-34-44(18-19-46(45)35-51)47-17-16-43-26-33-54-56(53(43)36-47)52-32-25-48(37-55(52)58-54)40-14-8-3-9-15-40/h1-37H/i3D,8D,9D,14D,15D,16D,17D,18D,19D,24D,25D,26D,32D,33D,34D,36D,37D. The number of anilines is 3. The largest absolute Gasteiger partial charge is 0.456 e. The minimum absolute atomic E-state index is 0.0447. The first-order valence-electron chi connectivity index (χ1n) is 26.9. The zero-order valence-electron chi connectivity index (χ0n) is 47.4. The molecule has 1 aromatic heterocycles. The Hall–Kier alpha value is -7.68. The highest BCUT2D eigenvalue weighted by Gasteiger charge is 2.16. The summed E-state index contributed by atoms with van der Waals surface area (Å²) in [6.45, 7) is 0.